The van der Waals surface area contributed by atoms with Crippen LogP contribution in [-0.2, 0) is 11.0 Å². The third kappa shape index (κ3) is 3.82. The van der Waals surface area contributed by atoms with E-state index in [2.05, 4.69) is 15.8 Å². The highest BCUT2D eigenvalue weighted by molar-refractivity contribution is 6.35. The molecule has 2 aromatic rings. The number of aromatic nitrogens is 1. The molecule has 0 bridgehead atoms. The molecule has 26 heavy (non-hydrogen) atoms. The summed E-state index contributed by atoms with van der Waals surface area (Å²) in [6.07, 6.45) is -3.67. The van der Waals surface area contributed by atoms with Gasteiger partial charge in [-0.15, -0.1) is 0 Å². The zero-order valence-corrected chi connectivity index (χ0v) is 13.9. The van der Waals surface area contributed by atoms with E-state index in [1.807, 2.05) is 0 Å². The van der Waals surface area contributed by atoms with Crippen LogP contribution in [0.1, 0.15) is 28.9 Å². The van der Waals surface area contributed by atoms with E-state index in [-0.39, 0.29) is 34.0 Å². The summed E-state index contributed by atoms with van der Waals surface area (Å²) >= 11 is 6.12. The zero-order valence-electron chi connectivity index (χ0n) is 13.2. The summed E-state index contributed by atoms with van der Waals surface area (Å²) in [5, 5.41) is 8.83. The Hall–Kier alpha value is -2.55. The molecule has 138 valence electrons. The summed E-state index contributed by atoms with van der Waals surface area (Å²) < 4.78 is 42.9. The first kappa shape index (κ1) is 18.2. The maximum Gasteiger partial charge on any atom is 0.416 e. The molecule has 3 rings (SSSR count). The van der Waals surface area contributed by atoms with Crippen LogP contribution in [0.15, 0.2) is 28.8 Å². The van der Waals surface area contributed by atoms with Crippen LogP contribution >= 0.6 is 11.6 Å². The van der Waals surface area contributed by atoms with E-state index in [1.54, 1.807) is 0 Å². The molecular weight excluding hydrogens is 375 g/mol. The van der Waals surface area contributed by atoms with Crippen molar-refractivity contribution < 1.29 is 27.3 Å². The second-order valence-corrected chi connectivity index (χ2v) is 6.14. The third-order valence-corrected chi connectivity index (χ3v) is 4.28. The van der Waals surface area contributed by atoms with Gasteiger partial charge in [0.25, 0.3) is 5.91 Å². The van der Waals surface area contributed by atoms with Gasteiger partial charge in [0.2, 0.25) is 5.91 Å². The lowest BCUT2D eigenvalue weighted by molar-refractivity contribution is -0.137. The molecule has 2 N–H and O–H groups in total. The first-order chi connectivity index (χ1) is 12.3. The molecule has 0 aliphatic carbocycles. The van der Waals surface area contributed by atoms with E-state index in [1.165, 1.54) is 12.1 Å². The number of carbonyl (C=O) groups is 2. The molecule has 1 aliphatic heterocycles. The molecule has 1 saturated heterocycles. The molecule has 1 fully saturated rings. The Bertz CT molecular complexity index is 824. The van der Waals surface area contributed by atoms with Crippen LogP contribution in [0, 0.1) is 0 Å². The molecule has 1 aromatic heterocycles. The molecule has 1 atom stereocenters. The number of rotatable bonds is 3. The standard InChI is InChI=1S/C16H13ClF3N3O3/c17-12-13(15(25)22-10-5-6-11(24)21-7-10)23-26-14(12)8-1-3-9(4-2-8)16(18,19)20/h1-4,10H,5-7H2,(H,21,24)(H,22,25). The summed E-state index contributed by atoms with van der Waals surface area (Å²) in [6, 6.07) is 3.89. The molecule has 6 nitrogen and oxygen atoms in total. The second-order valence-electron chi connectivity index (χ2n) is 5.76. The Kier molecular flexibility index (Phi) is 4.90. The predicted molar refractivity (Wildman–Crippen MR) is 85.4 cm³/mol. The largest absolute Gasteiger partial charge is 0.416 e. The molecule has 0 radical (unpaired) electrons. The number of halogens is 4. The number of hydrogen-bond acceptors (Lipinski definition) is 4. The average molecular weight is 388 g/mol. The zero-order chi connectivity index (χ0) is 18.9. The second kappa shape index (κ2) is 6.99. The fourth-order valence-corrected chi connectivity index (χ4v) is 2.78. The highest BCUT2D eigenvalue weighted by Crippen LogP contribution is 2.34. The highest BCUT2D eigenvalue weighted by atomic mass is 35.5. The number of alkyl halides is 3. The quantitative estimate of drug-likeness (QED) is 0.848. The minimum atomic E-state index is -4.45. The molecule has 0 spiro atoms. The lowest BCUT2D eigenvalue weighted by Crippen LogP contribution is -2.47. The van der Waals surface area contributed by atoms with Crippen LogP contribution < -0.4 is 10.6 Å². The summed E-state index contributed by atoms with van der Waals surface area (Å²) in [7, 11) is 0. The van der Waals surface area contributed by atoms with E-state index >= 15 is 0 Å². The molecule has 0 saturated carbocycles. The van der Waals surface area contributed by atoms with Gasteiger partial charge in [-0.25, -0.2) is 0 Å². The Morgan fingerprint density at radius 2 is 2.00 bits per heavy atom. The molecule has 1 unspecified atom stereocenters. The van der Waals surface area contributed by atoms with Gasteiger partial charge in [-0.3, -0.25) is 9.59 Å². The van der Waals surface area contributed by atoms with Crippen LogP contribution in [0.2, 0.25) is 5.02 Å². The van der Waals surface area contributed by atoms with Gasteiger partial charge < -0.3 is 15.2 Å². The fourth-order valence-electron chi connectivity index (χ4n) is 2.52. The number of hydrogen-bond donors (Lipinski definition) is 2. The summed E-state index contributed by atoms with van der Waals surface area (Å²) in [5.74, 6) is -0.667. The van der Waals surface area contributed by atoms with Crippen LogP contribution in [0.25, 0.3) is 11.3 Å². The molecule has 1 aromatic carbocycles. The Balaban J connectivity index is 1.75. The van der Waals surface area contributed by atoms with Gasteiger partial charge in [0.15, 0.2) is 11.5 Å². The Morgan fingerprint density at radius 1 is 1.31 bits per heavy atom. The van der Waals surface area contributed by atoms with E-state index < -0.39 is 17.6 Å². The topological polar surface area (TPSA) is 84.2 Å². The van der Waals surface area contributed by atoms with Crippen LogP contribution in [0.5, 0.6) is 0 Å². The van der Waals surface area contributed by atoms with Crippen molar-refractivity contribution >= 4 is 23.4 Å². The summed E-state index contributed by atoms with van der Waals surface area (Å²) in [6.45, 7) is 0.297. The Morgan fingerprint density at radius 3 is 2.58 bits per heavy atom. The van der Waals surface area contributed by atoms with Gasteiger partial charge in [-0.2, -0.15) is 13.2 Å². The summed E-state index contributed by atoms with van der Waals surface area (Å²) in [5.41, 5.74) is -0.716. The smallest absolute Gasteiger partial charge is 0.354 e. The van der Waals surface area contributed by atoms with E-state index in [4.69, 9.17) is 16.1 Å². The fraction of sp³-hybridized carbons (Fsp3) is 0.312. The van der Waals surface area contributed by atoms with Crippen molar-refractivity contribution in [2.75, 3.05) is 6.54 Å². The summed E-state index contributed by atoms with van der Waals surface area (Å²) in [4.78, 5) is 23.4. The van der Waals surface area contributed by atoms with Crippen LogP contribution in [0.3, 0.4) is 0 Å². The first-order valence-corrected chi connectivity index (χ1v) is 8.04. The number of carbonyl (C=O) groups excluding carboxylic acids is 2. The van der Waals surface area contributed by atoms with Crippen molar-refractivity contribution in [3.05, 3.63) is 40.5 Å². The molecular formula is C16H13ClF3N3O3. The monoisotopic (exact) mass is 387 g/mol. The number of piperidine rings is 1. The van der Waals surface area contributed by atoms with Crippen molar-refractivity contribution in [2.45, 2.75) is 25.1 Å². The molecule has 1 aliphatic rings. The van der Waals surface area contributed by atoms with Crippen LogP contribution in [-0.4, -0.2) is 29.6 Å². The normalized spacial score (nSPS) is 17.7. The van der Waals surface area contributed by atoms with Gasteiger partial charge in [0, 0.05) is 24.6 Å². The number of nitrogens with zero attached hydrogens (tertiary/aromatic N) is 1. The van der Waals surface area contributed by atoms with Crippen molar-refractivity contribution in [2.24, 2.45) is 0 Å². The van der Waals surface area contributed by atoms with Gasteiger partial charge in [-0.1, -0.05) is 28.9 Å². The minimum Gasteiger partial charge on any atom is -0.354 e. The number of benzene rings is 1. The average Bonchev–Trinajstić information content (AvgIpc) is 2.98. The van der Waals surface area contributed by atoms with Crippen molar-refractivity contribution in [1.82, 2.24) is 15.8 Å². The molecule has 2 heterocycles. The van der Waals surface area contributed by atoms with Crippen LogP contribution in [0.4, 0.5) is 13.2 Å². The van der Waals surface area contributed by atoms with Crippen molar-refractivity contribution in [3.63, 3.8) is 0 Å². The number of nitrogens with one attached hydrogen (secondary N) is 2. The third-order valence-electron chi connectivity index (χ3n) is 3.93. The molecule has 2 amide bonds. The van der Waals surface area contributed by atoms with E-state index in [0.29, 0.717) is 19.4 Å². The predicted octanol–water partition coefficient (Wildman–Crippen LogP) is 3.02. The van der Waals surface area contributed by atoms with Gasteiger partial charge >= 0.3 is 6.18 Å². The number of amides is 2. The minimum absolute atomic E-state index is 0.00230. The highest BCUT2D eigenvalue weighted by Gasteiger charge is 2.31. The van der Waals surface area contributed by atoms with Gasteiger partial charge in [0.05, 0.1) is 5.56 Å². The van der Waals surface area contributed by atoms with E-state index in [9.17, 15) is 22.8 Å². The lowest BCUT2D eigenvalue weighted by Gasteiger charge is -2.22. The molecule has 10 heteroatoms. The SMILES string of the molecule is O=C1CCC(NC(=O)c2noc(-c3ccc(C(F)(F)F)cc3)c2Cl)CN1. The van der Waals surface area contributed by atoms with Gasteiger partial charge in [-0.05, 0) is 18.6 Å². The first-order valence-electron chi connectivity index (χ1n) is 7.66. The van der Waals surface area contributed by atoms with Crippen molar-refractivity contribution in [3.8, 4) is 11.3 Å². The van der Waals surface area contributed by atoms with Gasteiger partial charge in [0.1, 0.15) is 5.02 Å². The maximum atomic E-state index is 12.6. The van der Waals surface area contributed by atoms with Crippen molar-refractivity contribution in [1.29, 1.82) is 0 Å². The Labute approximate surface area is 150 Å². The van der Waals surface area contributed by atoms with E-state index in [0.717, 1.165) is 12.1 Å². The lowest BCUT2D eigenvalue weighted by atomic mass is 10.1. The maximum absolute atomic E-state index is 12.6.